The molecular formula is C18H18N4O2. The number of nitriles is 1. The average Bonchev–Trinajstić information content (AvgIpc) is 2.62. The SMILES string of the molecule is N#Cc1ccc([N+](=O)[O-])c(N2CCN(Cc3ccccc3)CC2)c1. The van der Waals surface area contributed by atoms with E-state index in [1.54, 1.807) is 6.07 Å². The molecule has 1 aliphatic rings. The highest BCUT2D eigenvalue weighted by molar-refractivity contribution is 5.66. The summed E-state index contributed by atoms with van der Waals surface area (Å²) in [6, 6.07) is 16.9. The number of nitro groups is 1. The van der Waals surface area contributed by atoms with E-state index in [0.29, 0.717) is 24.3 Å². The molecule has 0 radical (unpaired) electrons. The Morgan fingerprint density at radius 2 is 1.79 bits per heavy atom. The second kappa shape index (κ2) is 7.11. The minimum absolute atomic E-state index is 0.0607. The quantitative estimate of drug-likeness (QED) is 0.639. The summed E-state index contributed by atoms with van der Waals surface area (Å²) in [5, 5.41) is 20.3. The van der Waals surface area contributed by atoms with Crippen molar-refractivity contribution in [3.8, 4) is 6.07 Å². The Bertz CT molecular complexity index is 762. The predicted molar refractivity (Wildman–Crippen MR) is 91.7 cm³/mol. The van der Waals surface area contributed by atoms with Gasteiger partial charge in [0.25, 0.3) is 5.69 Å². The van der Waals surface area contributed by atoms with Crippen LogP contribution in [0, 0.1) is 21.4 Å². The standard InChI is InChI=1S/C18H18N4O2/c19-13-16-6-7-17(22(23)24)18(12-16)21-10-8-20(9-11-21)14-15-4-2-1-3-5-15/h1-7,12H,8-11,14H2. The summed E-state index contributed by atoms with van der Waals surface area (Å²) in [4.78, 5) is 15.2. The van der Waals surface area contributed by atoms with Crippen LogP contribution in [0.3, 0.4) is 0 Å². The number of nitrogens with zero attached hydrogens (tertiary/aromatic N) is 4. The van der Waals surface area contributed by atoms with E-state index in [9.17, 15) is 10.1 Å². The van der Waals surface area contributed by atoms with Crippen LogP contribution < -0.4 is 4.90 Å². The summed E-state index contributed by atoms with van der Waals surface area (Å²) in [5.74, 6) is 0. The van der Waals surface area contributed by atoms with Crippen molar-refractivity contribution in [3.05, 3.63) is 69.8 Å². The van der Waals surface area contributed by atoms with Crippen molar-refractivity contribution in [2.24, 2.45) is 0 Å². The summed E-state index contributed by atoms with van der Waals surface area (Å²) in [6.07, 6.45) is 0. The van der Waals surface area contributed by atoms with Crippen molar-refractivity contribution in [3.63, 3.8) is 0 Å². The monoisotopic (exact) mass is 322 g/mol. The molecule has 0 aliphatic carbocycles. The Morgan fingerprint density at radius 3 is 2.42 bits per heavy atom. The van der Waals surface area contributed by atoms with E-state index < -0.39 is 0 Å². The number of rotatable bonds is 4. The van der Waals surface area contributed by atoms with E-state index in [4.69, 9.17) is 5.26 Å². The van der Waals surface area contributed by atoms with Crippen LogP contribution >= 0.6 is 0 Å². The lowest BCUT2D eigenvalue weighted by molar-refractivity contribution is -0.384. The van der Waals surface area contributed by atoms with Gasteiger partial charge in [0.05, 0.1) is 16.6 Å². The largest absolute Gasteiger partial charge is 0.363 e. The van der Waals surface area contributed by atoms with Crippen LogP contribution in [0.4, 0.5) is 11.4 Å². The Labute approximate surface area is 140 Å². The molecule has 6 nitrogen and oxygen atoms in total. The van der Waals surface area contributed by atoms with E-state index in [2.05, 4.69) is 23.1 Å². The second-order valence-corrected chi connectivity index (χ2v) is 5.82. The van der Waals surface area contributed by atoms with Crippen molar-refractivity contribution < 1.29 is 4.92 Å². The molecule has 0 N–H and O–H groups in total. The molecule has 0 unspecified atom stereocenters. The van der Waals surface area contributed by atoms with Crippen LogP contribution in [0.1, 0.15) is 11.1 Å². The predicted octanol–water partition coefficient (Wildman–Crippen LogP) is 2.79. The van der Waals surface area contributed by atoms with Gasteiger partial charge in [0.15, 0.2) is 0 Å². The van der Waals surface area contributed by atoms with Gasteiger partial charge in [0, 0.05) is 38.8 Å². The van der Waals surface area contributed by atoms with Gasteiger partial charge in [0.2, 0.25) is 0 Å². The molecule has 1 saturated heterocycles. The minimum atomic E-state index is -0.382. The summed E-state index contributed by atoms with van der Waals surface area (Å²) in [7, 11) is 0. The van der Waals surface area contributed by atoms with Crippen LogP contribution in [0.25, 0.3) is 0 Å². The number of hydrogen-bond acceptors (Lipinski definition) is 5. The molecule has 3 rings (SSSR count). The molecule has 122 valence electrons. The molecule has 1 fully saturated rings. The third-order valence-electron chi connectivity index (χ3n) is 4.26. The molecule has 24 heavy (non-hydrogen) atoms. The first kappa shape index (κ1) is 16.0. The van der Waals surface area contributed by atoms with Crippen LogP contribution in [0.15, 0.2) is 48.5 Å². The summed E-state index contributed by atoms with van der Waals surface area (Å²) >= 11 is 0. The molecule has 6 heteroatoms. The van der Waals surface area contributed by atoms with Crippen LogP contribution in [0.5, 0.6) is 0 Å². The topological polar surface area (TPSA) is 73.4 Å². The number of anilines is 1. The summed E-state index contributed by atoms with van der Waals surface area (Å²) in [6.45, 7) is 3.98. The fourth-order valence-electron chi connectivity index (χ4n) is 2.99. The van der Waals surface area contributed by atoms with Gasteiger partial charge in [0.1, 0.15) is 5.69 Å². The first-order valence-corrected chi connectivity index (χ1v) is 7.87. The molecule has 0 atom stereocenters. The number of benzene rings is 2. The van der Waals surface area contributed by atoms with E-state index in [-0.39, 0.29) is 10.6 Å². The number of hydrogen-bond donors (Lipinski definition) is 0. The smallest absolute Gasteiger partial charge is 0.292 e. The van der Waals surface area contributed by atoms with Crippen molar-refractivity contribution in [2.75, 3.05) is 31.1 Å². The first-order chi connectivity index (χ1) is 11.7. The van der Waals surface area contributed by atoms with Crippen molar-refractivity contribution in [1.82, 2.24) is 4.90 Å². The van der Waals surface area contributed by atoms with Gasteiger partial charge in [-0.3, -0.25) is 15.0 Å². The van der Waals surface area contributed by atoms with Crippen LogP contribution in [-0.4, -0.2) is 36.0 Å². The maximum atomic E-state index is 11.3. The van der Waals surface area contributed by atoms with Gasteiger partial charge >= 0.3 is 0 Å². The third kappa shape index (κ3) is 3.53. The third-order valence-corrected chi connectivity index (χ3v) is 4.26. The maximum Gasteiger partial charge on any atom is 0.292 e. The van der Waals surface area contributed by atoms with E-state index in [1.807, 2.05) is 23.1 Å². The average molecular weight is 322 g/mol. The lowest BCUT2D eigenvalue weighted by Gasteiger charge is -2.35. The molecule has 0 aromatic heterocycles. The molecule has 2 aromatic rings. The van der Waals surface area contributed by atoms with Gasteiger partial charge < -0.3 is 4.90 Å². The summed E-state index contributed by atoms with van der Waals surface area (Å²) < 4.78 is 0. The zero-order chi connectivity index (χ0) is 16.9. The highest BCUT2D eigenvalue weighted by Gasteiger charge is 2.24. The minimum Gasteiger partial charge on any atom is -0.363 e. The van der Waals surface area contributed by atoms with E-state index >= 15 is 0 Å². The Balaban J connectivity index is 1.70. The van der Waals surface area contributed by atoms with Gasteiger partial charge in [-0.15, -0.1) is 0 Å². The summed E-state index contributed by atoms with van der Waals surface area (Å²) in [5.41, 5.74) is 2.31. The van der Waals surface area contributed by atoms with Crippen LogP contribution in [0.2, 0.25) is 0 Å². The van der Waals surface area contributed by atoms with E-state index in [0.717, 1.165) is 19.6 Å². The highest BCUT2D eigenvalue weighted by Crippen LogP contribution is 2.30. The molecule has 0 spiro atoms. The lowest BCUT2D eigenvalue weighted by atomic mass is 10.1. The van der Waals surface area contributed by atoms with Crippen LogP contribution in [-0.2, 0) is 6.54 Å². The first-order valence-electron chi connectivity index (χ1n) is 7.87. The molecule has 0 bridgehead atoms. The normalized spacial score (nSPS) is 15.0. The molecule has 0 amide bonds. The Kier molecular flexibility index (Phi) is 4.73. The van der Waals surface area contributed by atoms with Crippen molar-refractivity contribution in [2.45, 2.75) is 6.54 Å². The zero-order valence-corrected chi connectivity index (χ0v) is 13.3. The van der Waals surface area contributed by atoms with Gasteiger partial charge in [-0.25, -0.2) is 0 Å². The van der Waals surface area contributed by atoms with Gasteiger partial charge in [-0.1, -0.05) is 30.3 Å². The van der Waals surface area contributed by atoms with Gasteiger partial charge in [-0.05, 0) is 17.7 Å². The fraction of sp³-hybridized carbons (Fsp3) is 0.278. The molecule has 0 saturated carbocycles. The fourth-order valence-corrected chi connectivity index (χ4v) is 2.99. The number of piperazine rings is 1. The van der Waals surface area contributed by atoms with Gasteiger partial charge in [-0.2, -0.15) is 5.26 Å². The maximum absolute atomic E-state index is 11.3. The van der Waals surface area contributed by atoms with Crippen molar-refractivity contribution in [1.29, 1.82) is 5.26 Å². The Hall–Kier alpha value is -2.91. The lowest BCUT2D eigenvalue weighted by Crippen LogP contribution is -2.46. The molecular weight excluding hydrogens is 304 g/mol. The highest BCUT2D eigenvalue weighted by atomic mass is 16.6. The Morgan fingerprint density at radius 1 is 1.08 bits per heavy atom. The number of nitro benzene ring substituents is 1. The molecule has 2 aromatic carbocycles. The van der Waals surface area contributed by atoms with E-state index in [1.165, 1.54) is 17.7 Å². The van der Waals surface area contributed by atoms with Crippen molar-refractivity contribution >= 4 is 11.4 Å². The molecule has 1 aliphatic heterocycles. The second-order valence-electron chi connectivity index (χ2n) is 5.82. The molecule has 1 heterocycles. The zero-order valence-electron chi connectivity index (χ0n) is 13.3.